The SMILES string of the molecule is CCNc1nc(Nc2sc(C(C)(C)n3cncn3)nc2C)ncc1C(F)(F)F. The smallest absolute Gasteiger partial charge is 0.370 e. The average molecular weight is 412 g/mol. The standard InChI is InChI=1S/C16H19F3N8S/c1-5-21-11-10(16(17,18)19)6-22-14(25-11)26-12-9(2)24-13(28-12)15(3,4)27-8-20-7-23-27/h6-8H,5H2,1-4H3,(H2,21,22,25,26). The molecule has 8 nitrogen and oxygen atoms in total. The zero-order chi connectivity index (χ0) is 20.5. The van der Waals surface area contributed by atoms with Crippen LogP contribution >= 0.6 is 11.3 Å². The van der Waals surface area contributed by atoms with Crippen molar-refractivity contribution >= 4 is 28.1 Å². The van der Waals surface area contributed by atoms with Gasteiger partial charge < -0.3 is 10.6 Å². The van der Waals surface area contributed by atoms with E-state index in [1.165, 1.54) is 17.7 Å². The summed E-state index contributed by atoms with van der Waals surface area (Å²) in [6.07, 6.45) is -0.722. The fraction of sp³-hybridized carbons (Fsp3) is 0.438. The van der Waals surface area contributed by atoms with E-state index in [4.69, 9.17) is 0 Å². The van der Waals surface area contributed by atoms with Crippen molar-refractivity contribution in [1.29, 1.82) is 0 Å². The number of thiazole rings is 1. The van der Waals surface area contributed by atoms with E-state index in [0.717, 1.165) is 11.2 Å². The normalized spacial score (nSPS) is 12.2. The molecule has 12 heteroatoms. The number of aromatic nitrogens is 6. The monoisotopic (exact) mass is 412 g/mol. The number of hydrogen-bond donors (Lipinski definition) is 2. The van der Waals surface area contributed by atoms with Gasteiger partial charge in [0.25, 0.3) is 0 Å². The predicted molar refractivity (Wildman–Crippen MR) is 99.8 cm³/mol. The van der Waals surface area contributed by atoms with Crippen molar-refractivity contribution in [2.24, 2.45) is 0 Å². The molecule has 0 radical (unpaired) electrons. The van der Waals surface area contributed by atoms with Crippen LogP contribution < -0.4 is 10.6 Å². The second-order valence-electron chi connectivity index (χ2n) is 6.44. The van der Waals surface area contributed by atoms with Gasteiger partial charge in [0, 0.05) is 12.7 Å². The Kier molecular flexibility index (Phi) is 5.24. The molecule has 0 aliphatic rings. The third kappa shape index (κ3) is 3.91. The van der Waals surface area contributed by atoms with Gasteiger partial charge in [-0.1, -0.05) is 11.3 Å². The second-order valence-corrected chi connectivity index (χ2v) is 7.44. The Hall–Kier alpha value is -2.76. The summed E-state index contributed by atoms with van der Waals surface area (Å²) in [6, 6.07) is 0. The van der Waals surface area contributed by atoms with Crippen molar-refractivity contribution in [2.75, 3.05) is 17.2 Å². The molecule has 0 aliphatic heterocycles. The van der Waals surface area contributed by atoms with Crippen LogP contribution in [0, 0.1) is 6.92 Å². The molecule has 0 atom stereocenters. The van der Waals surface area contributed by atoms with E-state index in [1.54, 1.807) is 24.9 Å². The number of rotatable bonds is 6. The van der Waals surface area contributed by atoms with Crippen LogP contribution in [0.1, 0.15) is 37.0 Å². The summed E-state index contributed by atoms with van der Waals surface area (Å²) >= 11 is 1.36. The number of alkyl halides is 3. The maximum atomic E-state index is 13.1. The molecule has 28 heavy (non-hydrogen) atoms. The Balaban J connectivity index is 1.90. The van der Waals surface area contributed by atoms with Gasteiger partial charge in [-0.3, -0.25) is 0 Å². The lowest BCUT2D eigenvalue weighted by atomic mass is 10.1. The highest BCUT2D eigenvalue weighted by molar-refractivity contribution is 7.16. The first-order chi connectivity index (χ1) is 13.1. The fourth-order valence-electron chi connectivity index (χ4n) is 2.42. The number of aryl methyl sites for hydroxylation is 1. The van der Waals surface area contributed by atoms with Crippen molar-refractivity contribution in [3.63, 3.8) is 0 Å². The van der Waals surface area contributed by atoms with E-state index in [2.05, 4.69) is 35.7 Å². The Morgan fingerprint density at radius 2 is 1.96 bits per heavy atom. The van der Waals surface area contributed by atoms with E-state index < -0.39 is 17.3 Å². The van der Waals surface area contributed by atoms with Crippen LogP contribution in [0.25, 0.3) is 0 Å². The number of anilines is 3. The molecule has 0 fully saturated rings. The Bertz CT molecular complexity index is 949. The minimum atomic E-state index is -4.54. The maximum absolute atomic E-state index is 13.1. The van der Waals surface area contributed by atoms with E-state index in [-0.39, 0.29) is 11.8 Å². The first-order valence-corrected chi connectivity index (χ1v) is 9.22. The van der Waals surface area contributed by atoms with Crippen molar-refractivity contribution in [1.82, 2.24) is 29.7 Å². The van der Waals surface area contributed by atoms with Crippen molar-refractivity contribution in [3.8, 4) is 0 Å². The van der Waals surface area contributed by atoms with Gasteiger partial charge in [0.1, 0.15) is 39.6 Å². The molecule has 0 saturated carbocycles. The molecule has 3 rings (SSSR count). The molecule has 0 unspecified atom stereocenters. The average Bonchev–Trinajstić information content (AvgIpc) is 3.26. The summed E-state index contributed by atoms with van der Waals surface area (Å²) in [6.45, 7) is 7.69. The van der Waals surface area contributed by atoms with Crippen LogP contribution in [-0.2, 0) is 11.7 Å². The third-order valence-corrected chi connectivity index (χ3v) is 5.36. The summed E-state index contributed by atoms with van der Waals surface area (Å²) in [4.78, 5) is 16.3. The zero-order valence-corrected chi connectivity index (χ0v) is 16.5. The molecular weight excluding hydrogens is 393 g/mol. The van der Waals surface area contributed by atoms with E-state index >= 15 is 0 Å². The molecule has 2 N–H and O–H groups in total. The zero-order valence-electron chi connectivity index (χ0n) is 15.7. The number of halogens is 3. The molecule has 0 bridgehead atoms. The Labute approximate surface area is 163 Å². The topological polar surface area (TPSA) is 93.4 Å². The van der Waals surface area contributed by atoms with Gasteiger partial charge in [-0.2, -0.15) is 23.3 Å². The summed E-state index contributed by atoms with van der Waals surface area (Å²) in [5.41, 5.74) is -0.766. The molecule has 0 amide bonds. The van der Waals surface area contributed by atoms with E-state index in [1.807, 2.05) is 13.8 Å². The number of nitrogens with one attached hydrogen (secondary N) is 2. The molecule has 3 heterocycles. The largest absolute Gasteiger partial charge is 0.421 e. The third-order valence-electron chi connectivity index (χ3n) is 3.98. The minimum Gasteiger partial charge on any atom is -0.370 e. The number of nitrogens with zero attached hydrogens (tertiary/aromatic N) is 6. The van der Waals surface area contributed by atoms with Gasteiger partial charge in [0.2, 0.25) is 5.95 Å². The van der Waals surface area contributed by atoms with Gasteiger partial charge in [0.15, 0.2) is 0 Å². The van der Waals surface area contributed by atoms with Crippen molar-refractivity contribution in [3.05, 3.63) is 35.1 Å². The highest BCUT2D eigenvalue weighted by Gasteiger charge is 2.35. The van der Waals surface area contributed by atoms with Crippen LogP contribution in [0.5, 0.6) is 0 Å². The van der Waals surface area contributed by atoms with Crippen LogP contribution in [0.4, 0.5) is 29.9 Å². The Morgan fingerprint density at radius 3 is 2.57 bits per heavy atom. The quantitative estimate of drug-likeness (QED) is 0.636. The van der Waals surface area contributed by atoms with Crippen LogP contribution in [0.2, 0.25) is 0 Å². The molecule has 0 aromatic carbocycles. The lowest BCUT2D eigenvalue weighted by Crippen LogP contribution is -2.28. The molecule has 0 aliphatic carbocycles. The van der Waals surface area contributed by atoms with Gasteiger partial charge in [0.05, 0.1) is 5.69 Å². The molecule has 3 aromatic heterocycles. The van der Waals surface area contributed by atoms with Gasteiger partial charge in [-0.25, -0.2) is 19.6 Å². The predicted octanol–water partition coefficient (Wildman–Crippen LogP) is 3.81. The van der Waals surface area contributed by atoms with Crippen LogP contribution in [0.3, 0.4) is 0 Å². The van der Waals surface area contributed by atoms with Crippen molar-refractivity contribution < 1.29 is 13.2 Å². The maximum Gasteiger partial charge on any atom is 0.421 e. The van der Waals surface area contributed by atoms with Gasteiger partial charge >= 0.3 is 6.18 Å². The minimum absolute atomic E-state index is 0.0563. The first kappa shape index (κ1) is 20.0. The molecule has 0 spiro atoms. The van der Waals surface area contributed by atoms with E-state index in [0.29, 0.717) is 17.2 Å². The van der Waals surface area contributed by atoms with Gasteiger partial charge in [-0.15, -0.1) is 0 Å². The molecule has 0 saturated heterocycles. The highest BCUT2D eigenvalue weighted by Crippen LogP contribution is 2.36. The second kappa shape index (κ2) is 7.34. The molecule has 3 aromatic rings. The lowest BCUT2D eigenvalue weighted by molar-refractivity contribution is -0.137. The van der Waals surface area contributed by atoms with Crippen molar-refractivity contribution in [2.45, 2.75) is 39.4 Å². The Morgan fingerprint density at radius 1 is 1.21 bits per heavy atom. The van der Waals surface area contributed by atoms with Gasteiger partial charge in [-0.05, 0) is 27.7 Å². The van der Waals surface area contributed by atoms with Crippen LogP contribution in [0.15, 0.2) is 18.9 Å². The lowest BCUT2D eigenvalue weighted by Gasteiger charge is -2.21. The first-order valence-electron chi connectivity index (χ1n) is 8.41. The fourth-order valence-corrected chi connectivity index (χ4v) is 3.48. The molecular formula is C16H19F3N8S. The summed E-state index contributed by atoms with van der Waals surface area (Å²) in [5, 5.41) is 11.2. The number of hydrogen-bond acceptors (Lipinski definition) is 8. The summed E-state index contributed by atoms with van der Waals surface area (Å²) in [5.74, 6) is -0.210. The van der Waals surface area contributed by atoms with E-state index in [9.17, 15) is 13.2 Å². The van der Waals surface area contributed by atoms with Crippen LogP contribution in [-0.4, -0.2) is 36.3 Å². The summed E-state index contributed by atoms with van der Waals surface area (Å²) in [7, 11) is 0. The summed E-state index contributed by atoms with van der Waals surface area (Å²) < 4.78 is 41.0. The highest BCUT2D eigenvalue weighted by atomic mass is 32.1. The molecule has 150 valence electrons.